The Hall–Kier alpha value is -2.62. The van der Waals surface area contributed by atoms with E-state index >= 15 is 4.39 Å². The first-order valence-electron chi connectivity index (χ1n) is 12.1. The van der Waals surface area contributed by atoms with Gasteiger partial charge in [-0.05, 0) is 81.6 Å². The van der Waals surface area contributed by atoms with Gasteiger partial charge in [0, 0.05) is 48.3 Å². The molecule has 0 saturated carbocycles. The van der Waals surface area contributed by atoms with Gasteiger partial charge in [0.2, 0.25) is 20.7 Å². The van der Waals surface area contributed by atoms with Gasteiger partial charge in [-0.1, -0.05) is 0 Å². The van der Waals surface area contributed by atoms with Gasteiger partial charge in [0.15, 0.2) is 0 Å². The zero-order valence-corrected chi connectivity index (χ0v) is 25.1. The van der Waals surface area contributed by atoms with Crippen LogP contribution in [0.25, 0.3) is 11.1 Å². The molecular weight excluding hydrogens is 584 g/mol. The number of aromatic nitrogens is 1. The summed E-state index contributed by atoms with van der Waals surface area (Å²) in [7, 11) is -5.87. The highest BCUT2D eigenvalue weighted by Gasteiger charge is 2.31. The van der Waals surface area contributed by atoms with Crippen molar-refractivity contribution >= 4 is 32.1 Å². The van der Waals surface area contributed by atoms with Crippen molar-refractivity contribution in [1.82, 2.24) is 14.0 Å². The van der Waals surface area contributed by atoms with Crippen LogP contribution >= 0.6 is 0 Å². The van der Waals surface area contributed by atoms with Crippen molar-refractivity contribution in [2.75, 3.05) is 6.54 Å². The van der Waals surface area contributed by atoms with E-state index in [1.54, 1.807) is 27.7 Å². The molecule has 2 aromatic carbocycles. The van der Waals surface area contributed by atoms with Gasteiger partial charge in [0.25, 0.3) is 5.56 Å². The lowest BCUT2D eigenvalue weighted by atomic mass is 9.95. The van der Waals surface area contributed by atoms with Gasteiger partial charge >= 0.3 is 0 Å². The Balaban J connectivity index is 2.31. The molecule has 3 aromatic rings. The number of pyridine rings is 1. The summed E-state index contributed by atoms with van der Waals surface area (Å²) >= 11 is -1.55. The van der Waals surface area contributed by atoms with E-state index in [-0.39, 0.29) is 34.6 Å². The maximum atomic E-state index is 15.3. The SMILES string of the molecule is CC(N[S@@+]([O-])C(C)(C)C)c1cc(=O)n(C)cc1-c1cc(CCN[SH](=O)=O)c(F)cc1S(=O)(=O)c1ccc(F)cc1. The minimum Gasteiger partial charge on any atom is -0.598 e. The van der Waals surface area contributed by atoms with Gasteiger partial charge < -0.3 is 9.12 Å². The molecule has 1 unspecified atom stereocenters. The Bertz CT molecular complexity index is 1630. The number of benzene rings is 2. The van der Waals surface area contributed by atoms with Crippen LogP contribution in [0.2, 0.25) is 0 Å². The third kappa shape index (κ3) is 7.36. The first-order valence-corrected chi connectivity index (χ1v) is 15.9. The molecule has 1 heterocycles. The monoisotopic (exact) mass is 615 g/mol. The first kappa shape index (κ1) is 31.9. The third-order valence-electron chi connectivity index (χ3n) is 6.05. The molecule has 1 aromatic heterocycles. The third-order valence-corrected chi connectivity index (χ3v) is 10.0. The first-order chi connectivity index (χ1) is 18.5. The molecule has 14 heteroatoms. The molecule has 0 fully saturated rings. The summed E-state index contributed by atoms with van der Waals surface area (Å²) in [6, 6.07) is 6.78. The number of rotatable bonds is 10. The molecule has 0 aliphatic carbocycles. The molecule has 218 valence electrons. The number of nitrogens with zero attached hydrogens (tertiary/aromatic N) is 1. The van der Waals surface area contributed by atoms with Crippen LogP contribution < -0.4 is 15.0 Å². The summed E-state index contributed by atoms with van der Waals surface area (Å²) in [6.07, 6.45) is 1.31. The molecular formula is C26H31F2N3O6S3. The Kier molecular flexibility index (Phi) is 9.96. The molecule has 0 radical (unpaired) electrons. The van der Waals surface area contributed by atoms with Crippen molar-refractivity contribution in [3.05, 3.63) is 81.8 Å². The number of hydrogen-bond acceptors (Lipinski definition) is 7. The van der Waals surface area contributed by atoms with E-state index in [0.717, 1.165) is 30.3 Å². The molecule has 40 heavy (non-hydrogen) atoms. The second-order valence-corrected chi connectivity index (χ2v) is 14.9. The van der Waals surface area contributed by atoms with Gasteiger partial charge in [-0.25, -0.2) is 30.3 Å². The summed E-state index contributed by atoms with van der Waals surface area (Å²) in [4.78, 5) is 11.9. The van der Waals surface area contributed by atoms with Crippen LogP contribution in [0.4, 0.5) is 8.78 Å². The van der Waals surface area contributed by atoms with Crippen LogP contribution in [-0.2, 0) is 45.6 Å². The maximum absolute atomic E-state index is 15.3. The zero-order valence-electron chi connectivity index (χ0n) is 22.5. The van der Waals surface area contributed by atoms with Gasteiger partial charge in [-0.3, -0.25) is 4.79 Å². The molecule has 0 bridgehead atoms. The molecule has 3 rings (SSSR count). The van der Waals surface area contributed by atoms with Crippen LogP contribution in [-0.4, -0.2) is 37.2 Å². The second kappa shape index (κ2) is 12.5. The summed E-state index contributed by atoms with van der Waals surface area (Å²) in [5, 5.41) is 0. The van der Waals surface area contributed by atoms with Crippen molar-refractivity contribution in [2.45, 2.75) is 54.7 Å². The Morgan fingerprint density at radius 1 is 1.07 bits per heavy atom. The summed E-state index contributed by atoms with van der Waals surface area (Å²) in [6.45, 7) is 6.81. The van der Waals surface area contributed by atoms with Crippen LogP contribution in [0.5, 0.6) is 0 Å². The van der Waals surface area contributed by atoms with Crippen molar-refractivity contribution in [1.29, 1.82) is 0 Å². The van der Waals surface area contributed by atoms with Gasteiger partial charge in [0.1, 0.15) is 16.4 Å². The van der Waals surface area contributed by atoms with Crippen LogP contribution in [0.15, 0.2) is 63.2 Å². The zero-order chi connectivity index (χ0) is 30.0. The fraction of sp³-hybridized carbons (Fsp3) is 0.346. The van der Waals surface area contributed by atoms with E-state index in [4.69, 9.17) is 0 Å². The van der Waals surface area contributed by atoms with E-state index in [9.17, 15) is 30.6 Å². The molecule has 0 spiro atoms. The highest BCUT2D eigenvalue weighted by molar-refractivity contribution is 7.91. The molecule has 0 aliphatic heterocycles. The van der Waals surface area contributed by atoms with Gasteiger partial charge in [-0.15, -0.1) is 4.72 Å². The van der Waals surface area contributed by atoms with Gasteiger partial charge in [0.05, 0.1) is 15.8 Å². The van der Waals surface area contributed by atoms with Crippen LogP contribution in [0, 0.1) is 11.6 Å². The molecule has 2 atom stereocenters. The Morgan fingerprint density at radius 2 is 1.70 bits per heavy atom. The predicted octanol–water partition coefficient (Wildman–Crippen LogP) is 2.93. The van der Waals surface area contributed by atoms with Crippen LogP contribution in [0.3, 0.4) is 0 Å². The van der Waals surface area contributed by atoms with Crippen molar-refractivity contribution in [3.8, 4) is 11.1 Å². The molecule has 2 N–H and O–H groups in total. The lowest BCUT2D eigenvalue weighted by molar-refractivity contribution is 0.531. The minimum atomic E-state index is -4.41. The highest BCUT2D eigenvalue weighted by atomic mass is 32.2. The van der Waals surface area contributed by atoms with Crippen molar-refractivity contribution < 1.29 is 30.2 Å². The maximum Gasteiger partial charge on any atom is 0.250 e. The number of thiol groups is 1. The fourth-order valence-electron chi connectivity index (χ4n) is 3.88. The van der Waals surface area contributed by atoms with E-state index < -0.39 is 65.0 Å². The van der Waals surface area contributed by atoms with Crippen LogP contribution in [0.1, 0.15) is 44.9 Å². The smallest absolute Gasteiger partial charge is 0.250 e. The standard InChI is InChI=1S/C26H31F2N3O6S3/c1-16(30-38(33)26(2,3)4)20-13-25(32)31(5)15-22(20)21-12-17(10-11-29-39(34)35)23(28)14-24(21)40(36,37)19-8-6-18(27)7-9-19/h6-9,12-16,30,39H,10-11H2,1-5H3,(H,29,34,35)/t16?,38-/m0/s1. The molecule has 0 aliphatic rings. The lowest BCUT2D eigenvalue weighted by Gasteiger charge is -2.27. The number of nitrogens with one attached hydrogen (secondary N) is 2. The lowest BCUT2D eigenvalue weighted by Crippen LogP contribution is -2.41. The summed E-state index contributed by atoms with van der Waals surface area (Å²) in [5.41, 5.74) is 0.208. The topological polar surface area (TPSA) is 137 Å². The number of hydrogen-bond donors (Lipinski definition) is 3. The number of aryl methyl sites for hydroxylation is 1. The Labute approximate surface area is 236 Å². The van der Waals surface area contributed by atoms with E-state index in [2.05, 4.69) is 9.44 Å². The average Bonchev–Trinajstić information content (AvgIpc) is 2.85. The highest BCUT2D eigenvalue weighted by Crippen LogP contribution is 2.37. The van der Waals surface area contributed by atoms with E-state index in [1.165, 1.54) is 29.9 Å². The van der Waals surface area contributed by atoms with E-state index in [1.807, 2.05) is 0 Å². The van der Waals surface area contributed by atoms with Crippen molar-refractivity contribution in [2.24, 2.45) is 7.05 Å². The Morgan fingerprint density at radius 3 is 2.27 bits per heavy atom. The predicted molar refractivity (Wildman–Crippen MR) is 150 cm³/mol. The summed E-state index contributed by atoms with van der Waals surface area (Å²) < 4.78 is 96.7. The number of halogens is 2. The summed E-state index contributed by atoms with van der Waals surface area (Å²) in [5.74, 6) is -1.55. The second-order valence-electron chi connectivity index (χ2n) is 10.1. The normalized spacial score (nSPS) is 13.9. The minimum absolute atomic E-state index is 0.0242. The largest absolute Gasteiger partial charge is 0.598 e. The molecule has 0 amide bonds. The quantitative estimate of drug-likeness (QED) is 0.181. The van der Waals surface area contributed by atoms with E-state index in [0.29, 0.717) is 5.56 Å². The average molecular weight is 616 g/mol. The number of sulfone groups is 1. The van der Waals surface area contributed by atoms with Crippen molar-refractivity contribution in [3.63, 3.8) is 0 Å². The van der Waals surface area contributed by atoms with Gasteiger partial charge in [-0.2, -0.15) is 0 Å². The molecule has 9 nitrogen and oxygen atoms in total. The molecule has 0 saturated heterocycles. The fourth-order valence-corrected chi connectivity index (χ4v) is 6.44.